The summed E-state index contributed by atoms with van der Waals surface area (Å²) in [7, 11) is 1.41. The Morgan fingerprint density at radius 1 is 1.07 bits per heavy atom. The average Bonchev–Trinajstić information content (AvgIpc) is 3.00. The predicted octanol–water partition coefficient (Wildman–Crippen LogP) is 3.11. The highest BCUT2D eigenvalue weighted by molar-refractivity contribution is 5.68. The van der Waals surface area contributed by atoms with Crippen molar-refractivity contribution in [3.8, 4) is 0 Å². The molecule has 5 atom stereocenters. The molecule has 0 heterocycles. The molecule has 0 spiro atoms. The van der Waals surface area contributed by atoms with Gasteiger partial charge in [0, 0.05) is 18.7 Å². The number of hydrogen-bond donors (Lipinski definition) is 4. The summed E-state index contributed by atoms with van der Waals surface area (Å²) >= 11 is 0. The number of unbranched alkanes of at least 4 members (excludes halogenated alkanes) is 3. The molecule has 0 aromatic heterocycles. The fourth-order valence-electron chi connectivity index (χ4n) is 4.36. The maximum atomic E-state index is 11.1. The molecule has 29 heavy (non-hydrogen) atoms. The monoisotopic (exact) mass is 407 g/mol. The molecule has 2 rings (SSSR count). The van der Waals surface area contributed by atoms with Gasteiger partial charge in [0.1, 0.15) is 0 Å². The first-order valence-electron chi connectivity index (χ1n) is 10.9. The third-order valence-electron chi connectivity index (χ3n) is 6.07. The zero-order chi connectivity index (χ0) is 21.1. The van der Waals surface area contributed by atoms with Crippen LogP contribution in [0.1, 0.15) is 57.8 Å². The summed E-state index contributed by atoms with van der Waals surface area (Å²) in [6.45, 7) is 0.472. The molecule has 1 aromatic carbocycles. The van der Waals surface area contributed by atoms with E-state index in [1.54, 1.807) is 0 Å². The largest absolute Gasteiger partial charge is 0.469 e. The smallest absolute Gasteiger partial charge is 0.305 e. The number of methoxy groups -OCH3 is 1. The Hall–Kier alpha value is -1.63. The average molecular weight is 408 g/mol. The standard InChI is InChI=1S/C23H37NO5/c1-29-23(28)12-8-3-2-7-11-19-20(22(27)15-21(19)26)14-13-18(25)16-24-17-9-5-4-6-10-17/h4-6,9-10,18-22,24-27H,2-3,7-8,11-16H2,1H3. The van der Waals surface area contributed by atoms with Crippen molar-refractivity contribution in [1.29, 1.82) is 0 Å². The quantitative estimate of drug-likeness (QED) is 0.296. The minimum atomic E-state index is -0.497. The molecular weight excluding hydrogens is 370 g/mol. The van der Waals surface area contributed by atoms with Crippen molar-refractivity contribution in [1.82, 2.24) is 0 Å². The molecule has 1 aromatic rings. The summed E-state index contributed by atoms with van der Waals surface area (Å²) in [5, 5.41) is 34.3. The van der Waals surface area contributed by atoms with Crippen LogP contribution in [-0.4, -0.2) is 53.3 Å². The van der Waals surface area contributed by atoms with Crippen LogP contribution in [0.15, 0.2) is 30.3 Å². The van der Waals surface area contributed by atoms with Gasteiger partial charge in [-0.15, -0.1) is 0 Å². The number of rotatable bonds is 13. The van der Waals surface area contributed by atoms with Gasteiger partial charge in [-0.05, 0) is 56.1 Å². The molecule has 1 aliphatic rings. The Balaban J connectivity index is 1.67. The summed E-state index contributed by atoms with van der Waals surface area (Å²) in [6.07, 6.45) is 5.40. The zero-order valence-corrected chi connectivity index (χ0v) is 17.5. The van der Waals surface area contributed by atoms with Gasteiger partial charge in [-0.3, -0.25) is 4.79 Å². The van der Waals surface area contributed by atoms with E-state index in [0.29, 0.717) is 32.2 Å². The van der Waals surface area contributed by atoms with E-state index in [-0.39, 0.29) is 17.8 Å². The van der Waals surface area contributed by atoms with Gasteiger partial charge in [0.15, 0.2) is 0 Å². The van der Waals surface area contributed by atoms with Gasteiger partial charge < -0.3 is 25.4 Å². The molecule has 5 unspecified atom stereocenters. The summed E-state index contributed by atoms with van der Waals surface area (Å²) in [6, 6.07) is 9.78. The van der Waals surface area contributed by atoms with Crippen molar-refractivity contribution in [2.24, 2.45) is 11.8 Å². The van der Waals surface area contributed by atoms with Crippen molar-refractivity contribution >= 4 is 11.7 Å². The number of aliphatic hydroxyl groups excluding tert-OH is 3. The number of carbonyl (C=O) groups excluding carboxylic acids is 1. The molecule has 0 aliphatic heterocycles. The van der Waals surface area contributed by atoms with Gasteiger partial charge in [0.05, 0.1) is 25.4 Å². The van der Waals surface area contributed by atoms with Gasteiger partial charge in [-0.25, -0.2) is 0 Å². The number of nitrogens with one attached hydrogen (secondary N) is 1. The van der Waals surface area contributed by atoms with E-state index >= 15 is 0 Å². The first-order chi connectivity index (χ1) is 14.0. The van der Waals surface area contributed by atoms with Gasteiger partial charge in [0.2, 0.25) is 0 Å². The van der Waals surface area contributed by atoms with Crippen molar-refractivity contribution in [2.45, 2.75) is 76.1 Å². The molecule has 0 radical (unpaired) electrons. The van der Waals surface area contributed by atoms with E-state index in [1.807, 2.05) is 30.3 Å². The molecule has 1 aliphatic carbocycles. The maximum absolute atomic E-state index is 11.1. The van der Waals surface area contributed by atoms with E-state index in [0.717, 1.165) is 37.8 Å². The van der Waals surface area contributed by atoms with Gasteiger partial charge >= 0.3 is 5.97 Å². The van der Waals surface area contributed by atoms with Crippen LogP contribution < -0.4 is 5.32 Å². The van der Waals surface area contributed by atoms with E-state index in [1.165, 1.54) is 7.11 Å². The summed E-state index contributed by atoms with van der Waals surface area (Å²) < 4.78 is 4.64. The molecule has 0 bridgehead atoms. The lowest BCUT2D eigenvalue weighted by atomic mass is 9.85. The SMILES string of the molecule is COC(=O)CCCCCCC1C(O)CC(O)C1CCC(O)CNc1ccccc1. The van der Waals surface area contributed by atoms with Crippen LogP contribution in [0, 0.1) is 11.8 Å². The molecule has 1 fully saturated rings. The van der Waals surface area contributed by atoms with E-state index < -0.39 is 18.3 Å². The highest BCUT2D eigenvalue weighted by Crippen LogP contribution is 2.39. The van der Waals surface area contributed by atoms with Gasteiger partial charge in [-0.2, -0.15) is 0 Å². The number of aliphatic hydroxyl groups is 3. The lowest BCUT2D eigenvalue weighted by Gasteiger charge is -2.25. The third kappa shape index (κ3) is 8.33. The molecule has 0 saturated heterocycles. The fraction of sp³-hybridized carbons (Fsp3) is 0.696. The number of ether oxygens (including phenoxy) is 1. The minimum Gasteiger partial charge on any atom is -0.469 e. The number of para-hydroxylation sites is 1. The maximum Gasteiger partial charge on any atom is 0.305 e. The second kappa shape index (κ2) is 12.8. The Morgan fingerprint density at radius 2 is 1.72 bits per heavy atom. The number of anilines is 1. The number of benzene rings is 1. The number of esters is 1. The topological polar surface area (TPSA) is 99.0 Å². The minimum absolute atomic E-state index is 0.0337. The van der Waals surface area contributed by atoms with Crippen molar-refractivity contribution in [3.05, 3.63) is 30.3 Å². The van der Waals surface area contributed by atoms with Crippen LogP contribution in [-0.2, 0) is 9.53 Å². The lowest BCUT2D eigenvalue weighted by molar-refractivity contribution is -0.140. The van der Waals surface area contributed by atoms with Crippen LogP contribution in [0.4, 0.5) is 5.69 Å². The van der Waals surface area contributed by atoms with Crippen LogP contribution in [0.25, 0.3) is 0 Å². The molecule has 6 nitrogen and oxygen atoms in total. The van der Waals surface area contributed by atoms with E-state index in [9.17, 15) is 20.1 Å². The summed E-state index contributed by atoms with van der Waals surface area (Å²) in [4.78, 5) is 11.1. The summed E-state index contributed by atoms with van der Waals surface area (Å²) in [5.41, 5.74) is 0.980. The Labute approximate surface area is 174 Å². The third-order valence-corrected chi connectivity index (χ3v) is 6.07. The molecule has 1 saturated carbocycles. The molecular formula is C23H37NO5. The van der Waals surface area contributed by atoms with Crippen molar-refractivity contribution in [3.63, 3.8) is 0 Å². The van der Waals surface area contributed by atoms with Gasteiger partial charge in [0.25, 0.3) is 0 Å². The van der Waals surface area contributed by atoms with E-state index in [4.69, 9.17) is 0 Å². The fourth-order valence-corrected chi connectivity index (χ4v) is 4.36. The molecule has 4 N–H and O–H groups in total. The van der Waals surface area contributed by atoms with Crippen molar-refractivity contribution < 1.29 is 24.9 Å². The number of hydrogen-bond acceptors (Lipinski definition) is 6. The van der Waals surface area contributed by atoms with E-state index in [2.05, 4.69) is 10.1 Å². The highest BCUT2D eigenvalue weighted by Gasteiger charge is 2.40. The first-order valence-corrected chi connectivity index (χ1v) is 10.9. The van der Waals surface area contributed by atoms with Crippen LogP contribution >= 0.6 is 0 Å². The Bertz CT molecular complexity index is 582. The van der Waals surface area contributed by atoms with Crippen LogP contribution in [0.2, 0.25) is 0 Å². The van der Waals surface area contributed by atoms with Crippen LogP contribution in [0.3, 0.4) is 0 Å². The Kier molecular flexibility index (Phi) is 10.5. The Morgan fingerprint density at radius 3 is 2.41 bits per heavy atom. The molecule has 6 heteroatoms. The highest BCUT2D eigenvalue weighted by atomic mass is 16.5. The zero-order valence-electron chi connectivity index (χ0n) is 17.5. The molecule has 164 valence electrons. The molecule has 0 amide bonds. The van der Waals surface area contributed by atoms with Crippen molar-refractivity contribution in [2.75, 3.05) is 19.0 Å². The lowest BCUT2D eigenvalue weighted by Crippen LogP contribution is -2.26. The second-order valence-corrected chi connectivity index (χ2v) is 8.21. The number of carbonyl (C=O) groups is 1. The predicted molar refractivity (Wildman–Crippen MR) is 114 cm³/mol. The summed E-state index contributed by atoms with van der Waals surface area (Å²) in [5.74, 6) is -0.0500. The van der Waals surface area contributed by atoms with Crippen LogP contribution in [0.5, 0.6) is 0 Å². The first kappa shape index (κ1) is 23.6. The second-order valence-electron chi connectivity index (χ2n) is 8.21. The van der Waals surface area contributed by atoms with Gasteiger partial charge in [-0.1, -0.05) is 37.5 Å². The normalized spacial score (nSPS) is 25.0.